The van der Waals surface area contributed by atoms with Crippen LogP contribution in [-0.4, -0.2) is 214 Å². The predicted octanol–water partition coefficient (Wildman–Crippen LogP) is 1.37. The number of unbranched alkanes of at least 4 members (excludes halogenated alkanes) is 1. The number of nitrogens with one attached hydrogen (secondary N) is 5. The van der Waals surface area contributed by atoms with Crippen molar-refractivity contribution in [1.29, 1.82) is 5.26 Å². The first-order valence-corrected chi connectivity index (χ1v) is 26.9. The van der Waals surface area contributed by atoms with Gasteiger partial charge in [-0.05, 0) is 85.7 Å². The summed E-state index contributed by atoms with van der Waals surface area (Å²) in [6, 6.07) is 11.6. The molecule has 0 radical (unpaired) electrons. The highest BCUT2D eigenvalue weighted by Gasteiger charge is 2.47. The maximum Gasteiger partial charge on any atom is 0.317 e. The highest BCUT2D eigenvalue weighted by Crippen LogP contribution is 2.32. The molecule has 1 aromatic heterocycles. The largest absolute Gasteiger partial charge is 0.480 e. The molecule has 0 aliphatic carbocycles. The monoisotopic (exact) mass is 1170 g/mol. The van der Waals surface area contributed by atoms with Crippen LogP contribution in [0.3, 0.4) is 0 Å². The molecule has 28 heteroatoms. The number of carboxylic acids is 3. The second-order valence-corrected chi connectivity index (χ2v) is 20.6. The second-order valence-electron chi connectivity index (χ2n) is 20.2. The summed E-state index contributed by atoms with van der Waals surface area (Å²) in [6.45, 7) is 2.82. The third-order valence-corrected chi connectivity index (χ3v) is 14.0. The molecule has 2 aliphatic rings. The van der Waals surface area contributed by atoms with E-state index in [0.717, 1.165) is 28.5 Å². The lowest BCUT2D eigenvalue weighted by Crippen LogP contribution is -2.49. The van der Waals surface area contributed by atoms with E-state index in [1.807, 2.05) is 44.2 Å². The molecule has 2 aliphatic heterocycles. The van der Waals surface area contributed by atoms with E-state index in [2.05, 4.69) is 31.6 Å². The summed E-state index contributed by atoms with van der Waals surface area (Å²) in [6.07, 6.45) is 0.492. The van der Waals surface area contributed by atoms with Crippen LogP contribution in [0, 0.1) is 25.2 Å². The Kier molecular flexibility index (Phi) is 24.8. The second kappa shape index (κ2) is 31.3. The molecule has 10 N–H and O–H groups in total. The van der Waals surface area contributed by atoms with Gasteiger partial charge in [-0.15, -0.1) is 0 Å². The summed E-state index contributed by atoms with van der Waals surface area (Å²) < 4.78 is 27.7. The molecule has 444 valence electrons. The highest BCUT2D eigenvalue weighted by molar-refractivity contribution is 6.33. The Balaban J connectivity index is 1.17. The number of pyridine rings is 1. The first kappa shape index (κ1) is 64.9. The number of nitrogens with two attached hydrogens (primary N) is 1. The molecule has 0 saturated carbocycles. The number of carbonyl (C=O) groups is 9. The fourth-order valence-electron chi connectivity index (χ4n) is 9.14. The Hall–Kier alpha value is -7.90. The Morgan fingerprint density at radius 3 is 1.84 bits per heavy atom. The molecule has 5 rings (SSSR count). The van der Waals surface area contributed by atoms with Gasteiger partial charge in [0, 0.05) is 95.7 Å². The van der Waals surface area contributed by atoms with Crippen LogP contribution in [0.4, 0.5) is 20.2 Å². The van der Waals surface area contributed by atoms with Gasteiger partial charge in [-0.25, -0.2) is 8.78 Å². The van der Waals surface area contributed by atoms with Gasteiger partial charge in [0.25, 0.3) is 11.8 Å². The molecule has 2 aromatic carbocycles. The Morgan fingerprint density at radius 2 is 1.29 bits per heavy atom. The number of anilines is 2. The van der Waals surface area contributed by atoms with Crippen molar-refractivity contribution in [3.05, 3.63) is 76.1 Å². The normalized spacial score (nSPS) is 16.8. The van der Waals surface area contributed by atoms with Gasteiger partial charge < -0.3 is 52.5 Å². The number of rotatable bonds is 25. The number of hydrogen-bond acceptors (Lipinski definition) is 16. The van der Waals surface area contributed by atoms with Crippen molar-refractivity contribution in [2.45, 2.75) is 76.9 Å². The maximum atomic E-state index is 14.0. The molecule has 6 amide bonds. The van der Waals surface area contributed by atoms with Crippen LogP contribution < -0.4 is 32.3 Å². The minimum absolute atomic E-state index is 0.102. The van der Waals surface area contributed by atoms with Crippen LogP contribution in [0.2, 0.25) is 5.02 Å². The van der Waals surface area contributed by atoms with E-state index in [9.17, 15) is 72.5 Å². The van der Waals surface area contributed by atoms with Crippen molar-refractivity contribution in [1.82, 2.24) is 50.8 Å². The van der Waals surface area contributed by atoms with Crippen molar-refractivity contribution in [3.63, 3.8) is 0 Å². The molecule has 3 aromatic rings. The van der Waals surface area contributed by atoms with Gasteiger partial charge in [0.1, 0.15) is 12.1 Å². The molecule has 82 heavy (non-hydrogen) atoms. The first-order chi connectivity index (χ1) is 38.9. The van der Waals surface area contributed by atoms with Crippen LogP contribution in [0.5, 0.6) is 0 Å². The van der Waals surface area contributed by atoms with Crippen molar-refractivity contribution in [3.8, 4) is 17.2 Å². The number of hydrogen-bond donors (Lipinski definition) is 9. The van der Waals surface area contributed by atoms with Crippen molar-refractivity contribution < 1.29 is 67.3 Å². The maximum absolute atomic E-state index is 14.0. The molecule has 3 heterocycles. The van der Waals surface area contributed by atoms with E-state index in [4.69, 9.17) is 17.3 Å². The van der Waals surface area contributed by atoms with E-state index in [-0.39, 0.29) is 133 Å². The third-order valence-electron chi connectivity index (χ3n) is 13.7. The summed E-state index contributed by atoms with van der Waals surface area (Å²) in [4.78, 5) is 126. The number of benzene rings is 2. The lowest BCUT2D eigenvalue weighted by atomic mass is 10.00. The fourth-order valence-corrected chi connectivity index (χ4v) is 9.33. The summed E-state index contributed by atoms with van der Waals surface area (Å²) in [7, 11) is 0. The number of aliphatic carboxylic acids is 3. The zero-order valence-electron chi connectivity index (χ0n) is 45.7. The van der Waals surface area contributed by atoms with Crippen molar-refractivity contribution in [2.24, 2.45) is 0 Å². The lowest BCUT2D eigenvalue weighted by molar-refractivity contribution is -0.140. The van der Waals surface area contributed by atoms with Gasteiger partial charge in [-0.1, -0.05) is 23.7 Å². The molecular weight excluding hydrogens is 1100 g/mol. The summed E-state index contributed by atoms with van der Waals surface area (Å²) in [5.41, 5.74) is 10.6. The van der Waals surface area contributed by atoms with E-state index in [1.165, 1.54) is 6.07 Å². The lowest BCUT2D eigenvalue weighted by Gasteiger charge is -2.32. The van der Waals surface area contributed by atoms with Gasteiger partial charge in [-0.2, -0.15) is 5.26 Å². The molecule has 2 atom stereocenters. The minimum atomic E-state index is -3.24. The zero-order chi connectivity index (χ0) is 60.1. The number of likely N-dealkylation sites (tertiary alicyclic amines) is 1. The zero-order valence-corrected chi connectivity index (χ0v) is 46.4. The molecule has 25 nitrogen and oxygen atoms in total. The quantitative estimate of drug-likeness (QED) is 0.0427. The van der Waals surface area contributed by atoms with Gasteiger partial charge in [0.15, 0.2) is 0 Å². The third kappa shape index (κ3) is 21.5. The van der Waals surface area contributed by atoms with Gasteiger partial charge >= 0.3 is 17.9 Å². The van der Waals surface area contributed by atoms with E-state index in [1.54, 1.807) is 31.7 Å². The number of aryl methyl sites for hydroxylation is 2. The molecular formula is C54H70ClF2N13O12. The van der Waals surface area contributed by atoms with Gasteiger partial charge in [0.2, 0.25) is 29.5 Å². The standard InChI is InChI=1S/C54H70ClF2N13O12/c1-34-21-36(6-8-42(34)59)37-7-9-43(35(2)22-37)65-53(82)44(5-3-4-12-60-47(73)29-66-13-15-67(30-49(75)76)17-19-69(32-51(79)80)20-18-68(16-14-66)31-50(77)78)64-46(72)11-10-45(71)62-26-38-23-40(41(55)27-61-38)52(81)63-28-48(74)70-33-54(56,57)24-39(70)25-58/h6-9,21-23,27,39,44H,3-5,10-20,24,26,28-33,59H2,1-2H3,(H,60,73)(H,62,71)(H,63,81)(H,64,72)(H,65,82)(H,75,76)(H,77,78)(H,79,80)/t39-,44?/m0/s1. The average Bonchev–Trinajstić information content (AvgIpc) is 3.88. The number of carbonyl (C=O) groups excluding carboxylic acids is 6. The fraction of sp³-hybridized carbons (Fsp3) is 0.500. The van der Waals surface area contributed by atoms with E-state index < -0.39 is 85.0 Å². The van der Waals surface area contributed by atoms with Crippen LogP contribution >= 0.6 is 11.6 Å². The molecule has 0 bridgehead atoms. The van der Waals surface area contributed by atoms with E-state index in [0.29, 0.717) is 29.1 Å². The summed E-state index contributed by atoms with van der Waals surface area (Å²) in [5.74, 6) is -10.3. The number of alkyl halides is 2. The van der Waals surface area contributed by atoms with Gasteiger partial charge in [-0.3, -0.25) is 67.7 Å². The van der Waals surface area contributed by atoms with Crippen molar-refractivity contribution in [2.75, 3.05) is 109 Å². The number of nitrogens with zero attached hydrogens (tertiary/aromatic N) is 7. The Bertz CT molecular complexity index is 2830. The van der Waals surface area contributed by atoms with Gasteiger partial charge in [0.05, 0.1) is 68.2 Å². The number of aromatic nitrogens is 1. The SMILES string of the molecule is Cc1cc(-c2ccc(NC(=O)C(CCCCNC(=O)CN3CCN(CC(=O)O)CCN(CC(=O)O)CCN(CC(=O)O)CC3)NC(=O)CCC(=O)NCc3cc(C(=O)NCC(=O)N4CC(F)(F)C[C@H]4C#N)c(Cl)cn3)c(C)c2)ccc1N. The summed E-state index contributed by atoms with van der Waals surface area (Å²) in [5, 5.41) is 51.1. The predicted molar refractivity (Wildman–Crippen MR) is 295 cm³/mol. The average molecular weight is 1170 g/mol. The molecule has 2 saturated heterocycles. The minimum Gasteiger partial charge on any atom is -0.480 e. The highest BCUT2D eigenvalue weighted by atomic mass is 35.5. The molecule has 2 fully saturated rings. The van der Waals surface area contributed by atoms with Crippen molar-refractivity contribution >= 4 is 76.3 Å². The van der Waals surface area contributed by atoms with Crippen LogP contribution in [-0.2, 0) is 44.9 Å². The topological polar surface area (TPSA) is 353 Å². The number of nitrogen functional groups attached to an aromatic ring is 1. The van der Waals surface area contributed by atoms with Crippen LogP contribution in [0.1, 0.15) is 65.7 Å². The number of amides is 6. The summed E-state index contributed by atoms with van der Waals surface area (Å²) >= 11 is 6.19. The molecule has 1 unspecified atom stereocenters. The first-order valence-electron chi connectivity index (χ1n) is 26.5. The number of carboxylic acid groups (broad SMARTS) is 3. The Labute approximate surface area is 477 Å². The number of halogens is 3. The van der Waals surface area contributed by atoms with Crippen LogP contribution in [0.15, 0.2) is 48.7 Å². The number of nitriles is 1. The van der Waals surface area contributed by atoms with Crippen LogP contribution in [0.25, 0.3) is 11.1 Å². The smallest absolute Gasteiger partial charge is 0.317 e. The molecule has 0 spiro atoms. The Morgan fingerprint density at radius 1 is 0.744 bits per heavy atom. The van der Waals surface area contributed by atoms with E-state index >= 15 is 0 Å².